The number of nitrogens with zero attached hydrogens (tertiary/aromatic N) is 3. The van der Waals surface area contributed by atoms with Crippen LogP contribution in [0.15, 0.2) is 75.6 Å². The lowest BCUT2D eigenvalue weighted by Gasteiger charge is -2.05. The molecule has 0 radical (unpaired) electrons. The van der Waals surface area contributed by atoms with E-state index in [2.05, 4.69) is 26.5 Å². The maximum Gasteiger partial charge on any atom is 0.227 e. The maximum atomic E-state index is 12.3. The molecule has 2 aromatic heterocycles. The van der Waals surface area contributed by atoms with Crippen molar-refractivity contribution in [2.45, 2.75) is 22.9 Å². The Balaban J connectivity index is 1.13. The Bertz CT molecular complexity index is 1330. The van der Waals surface area contributed by atoms with Gasteiger partial charge < -0.3 is 9.84 Å². The minimum atomic E-state index is -0.0844. The Kier molecular flexibility index (Phi) is 5.64. The van der Waals surface area contributed by atoms with Crippen molar-refractivity contribution >= 4 is 55.7 Å². The molecule has 5 aromatic rings. The second kappa shape index (κ2) is 8.87. The Labute approximate surface area is 186 Å². The van der Waals surface area contributed by atoms with Crippen LogP contribution in [0.3, 0.4) is 0 Å². The van der Waals surface area contributed by atoms with Crippen molar-refractivity contribution < 1.29 is 9.32 Å². The molecule has 31 heavy (non-hydrogen) atoms. The van der Waals surface area contributed by atoms with Crippen LogP contribution in [0.25, 0.3) is 21.0 Å². The average Bonchev–Trinajstić information content (AvgIpc) is 3.42. The lowest BCUT2D eigenvalue weighted by Crippen LogP contribution is -2.12. The minimum Gasteiger partial charge on any atom is -0.339 e. The van der Waals surface area contributed by atoms with Gasteiger partial charge in [-0.1, -0.05) is 59.4 Å². The Morgan fingerprint density at radius 3 is 2.74 bits per heavy atom. The molecule has 5 rings (SSSR count). The lowest BCUT2D eigenvalue weighted by molar-refractivity contribution is -0.116. The highest BCUT2D eigenvalue weighted by Gasteiger charge is 2.11. The fourth-order valence-electron chi connectivity index (χ4n) is 3.20. The summed E-state index contributed by atoms with van der Waals surface area (Å²) in [5, 5.41) is 9.18. The van der Waals surface area contributed by atoms with Crippen LogP contribution in [0, 0.1) is 0 Å². The highest BCUT2D eigenvalue weighted by atomic mass is 32.2. The van der Waals surface area contributed by atoms with Crippen molar-refractivity contribution in [3.8, 4) is 0 Å². The number of thioether (sulfide) groups is 1. The average molecular weight is 447 g/mol. The number of thiazole rings is 1. The smallest absolute Gasteiger partial charge is 0.227 e. The molecule has 0 saturated carbocycles. The summed E-state index contributed by atoms with van der Waals surface area (Å²) in [7, 11) is 0. The first-order valence-corrected chi connectivity index (χ1v) is 11.6. The van der Waals surface area contributed by atoms with Crippen LogP contribution in [-0.2, 0) is 17.0 Å². The van der Waals surface area contributed by atoms with Crippen molar-refractivity contribution in [1.82, 2.24) is 15.1 Å². The summed E-state index contributed by atoms with van der Waals surface area (Å²) in [6, 6.07) is 22.0. The number of carbonyl (C=O) groups excluding carboxylic acids is 1. The van der Waals surface area contributed by atoms with Crippen molar-refractivity contribution in [3.63, 3.8) is 0 Å². The van der Waals surface area contributed by atoms with Crippen LogP contribution in [0.1, 0.15) is 18.1 Å². The molecule has 0 fully saturated rings. The topological polar surface area (TPSA) is 80.9 Å². The van der Waals surface area contributed by atoms with E-state index < -0.39 is 0 Å². The van der Waals surface area contributed by atoms with Gasteiger partial charge in [0.25, 0.3) is 0 Å². The SMILES string of the molecule is O=C(CCc1nc(CSc2nc3ccccc3s2)no1)Nc1ccc2ccccc2c1. The first-order valence-electron chi connectivity index (χ1n) is 9.81. The largest absolute Gasteiger partial charge is 0.339 e. The zero-order valence-corrected chi connectivity index (χ0v) is 18.1. The molecule has 0 atom stereocenters. The minimum absolute atomic E-state index is 0.0844. The molecule has 0 aliphatic heterocycles. The molecule has 1 N–H and O–H groups in total. The van der Waals surface area contributed by atoms with E-state index in [-0.39, 0.29) is 12.3 Å². The lowest BCUT2D eigenvalue weighted by atomic mass is 10.1. The van der Waals surface area contributed by atoms with Crippen LogP contribution >= 0.6 is 23.1 Å². The molecule has 0 aliphatic rings. The number of nitrogens with one attached hydrogen (secondary N) is 1. The van der Waals surface area contributed by atoms with Gasteiger partial charge in [0.2, 0.25) is 11.8 Å². The summed E-state index contributed by atoms with van der Waals surface area (Å²) in [4.78, 5) is 21.3. The molecule has 8 heteroatoms. The maximum absolute atomic E-state index is 12.3. The van der Waals surface area contributed by atoms with Crippen molar-refractivity contribution in [2.24, 2.45) is 0 Å². The van der Waals surface area contributed by atoms with Gasteiger partial charge in [-0.25, -0.2) is 4.98 Å². The molecule has 3 aromatic carbocycles. The number of anilines is 1. The van der Waals surface area contributed by atoms with Gasteiger partial charge in [0, 0.05) is 18.5 Å². The number of aryl methyl sites for hydroxylation is 1. The number of carbonyl (C=O) groups is 1. The van der Waals surface area contributed by atoms with E-state index >= 15 is 0 Å². The molecule has 0 aliphatic carbocycles. The predicted octanol–water partition coefficient (Wildman–Crippen LogP) is 5.70. The van der Waals surface area contributed by atoms with Gasteiger partial charge in [-0.2, -0.15) is 4.98 Å². The normalized spacial score (nSPS) is 11.2. The summed E-state index contributed by atoms with van der Waals surface area (Å²) in [6.45, 7) is 0. The van der Waals surface area contributed by atoms with Crippen LogP contribution in [0.5, 0.6) is 0 Å². The standard InChI is InChI=1S/C23H18N4O2S2/c28-21(24-17-10-9-15-5-1-2-6-16(15)13-17)11-12-22-26-20(27-29-22)14-30-23-25-18-7-3-4-8-19(18)31-23/h1-10,13H,11-12,14H2,(H,24,28). The third-order valence-corrected chi connectivity index (χ3v) is 6.88. The van der Waals surface area contributed by atoms with Gasteiger partial charge >= 0.3 is 0 Å². The second-order valence-electron chi connectivity index (χ2n) is 6.95. The van der Waals surface area contributed by atoms with Gasteiger partial charge in [0.05, 0.1) is 16.0 Å². The monoisotopic (exact) mass is 446 g/mol. The summed E-state index contributed by atoms with van der Waals surface area (Å²) < 4.78 is 7.44. The third kappa shape index (κ3) is 4.76. The highest BCUT2D eigenvalue weighted by Crippen LogP contribution is 2.30. The number of para-hydroxylation sites is 1. The summed E-state index contributed by atoms with van der Waals surface area (Å²) in [6.07, 6.45) is 0.678. The molecule has 6 nitrogen and oxygen atoms in total. The Hall–Kier alpha value is -3.23. The third-order valence-electron chi connectivity index (χ3n) is 4.71. The quantitative estimate of drug-likeness (QED) is 0.323. The number of aromatic nitrogens is 3. The Morgan fingerprint density at radius 2 is 1.84 bits per heavy atom. The number of amides is 1. The summed E-state index contributed by atoms with van der Waals surface area (Å²) in [5.74, 6) is 1.56. The first-order chi connectivity index (χ1) is 15.2. The van der Waals surface area contributed by atoms with Gasteiger partial charge in [0.1, 0.15) is 0 Å². The van der Waals surface area contributed by atoms with Gasteiger partial charge in [0.15, 0.2) is 10.2 Å². The highest BCUT2D eigenvalue weighted by molar-refractivity contribution is 8.00. The Morgan fingerprint density at radius 1 is 1.00 bits per heavy atom. The van der Waals surface area contributed by atoms with Crippen molar-refractivity contribution in [1.29, 1.82) is 0 Å². The zero-order chi connectivity index (χ0) is 21.0. The zero-order valence-electron chi connectivity index (χ0n) is 16.4. The van der Waals surface area contributed by atoms with Crippen LogP contribution < -0.4 is 5.32 Å². The first kappa shape index (κ1) is 19.7. The van der Waals surface area contributed by atoms with E-state index in [1.165, 1.54) is 0 Å². The number of hydrogen-bond acceptors (Lipinski definition) is 7. The number of hydrogen-bond donors (Lipinski definition) is 1. The van der Waals surface area contributed by atoms with E-state index in [0.29, 0.717) is 23.9 Å². The molecule has 0 bridgehead atoms. The second-order valence-corrected chi connectivity index (χ2v) is 9.20. The van der Waals surface area contributed by atoms with Crippen molar-refractivity contribution in [3.05, 3.63) is 78.4 Å². The molecule has 0 saturated heterocycles. The van der Waals surface area contributed by atoms with Crippen LogP contribution in [-0.4, -0.2) is 21.0 Å². The molecule has 1 amide bonds. The van der Waals surface area contributed by atoms with Gasteiger partial charge in [-0.05, 0) is 35.0 Å². The van der Waals surface area contributed by atoms with Gasteiger partial charge in [-0.15, -0.1) is 11.3 Å². The van der Waals surface area contributed by atoms with E-state index in [1.54, 1.807) is 23.1 Å². The fraction of sp³-hybridized carbons (Fsp3) is 0.130. The van der Waals surface area contributed by atoms with Crippen molar-refractivity contribution in [2.75, 3.05) is 5.32 Å². The van der Waals surface area contributed by atoms with Crippen LogP contribution in [0.4, 0.5) is 5.69 Å². The number of benzene rings is 3. The molecular weight excluding hydrogens is 428 g/mol. The number of rotatable bonds is 7. The van der Waals surface area contributed by atoms with Gasteiger partial charge in [-0.3, -0.25) is 4.79 Å². The van der Waals surface area contributed by atoms with E-state index in [9.17, 15) is 4.79 Å². The molecule has 0 spiro atoms. The predicted molar refractivity (Wildman–Crippen MR) is 124 cm³/mol. The number of fused-ring (bicyclic) bond motifs is 2. The van der Waals surface area contributed by atoms with E-state index in [0.717, 1.165) is 31.0 Å². The van der Waals surface area contributed by atoms with Crippen LogP contribution in [0.2, 0.25) is 0 Å². The molecular formula is C23H18N4O2S2. The molecule has 154 valence electrons. The summed E-state index contributed by atoms with van der Waals surface area (Å²) >= 11 is 3.23. The molecule has 0 unspecified atom stereocenters. The molecule has 2 heterocycles. The fourth-order valence-corrected chi connectivity index (χ4v) is 5.11. The van der Waals surface area contributed by atoms with E-state index in [4.69, 9.17) is 4.52 Å². The summed E-state index contributed by atoms with van der Waals surface area (Å²) in [5.41, 5.74) is 1.78. The van der Waals surface area contributed by atoms with E-state index in [1.807, 2.05) is 60.7 Å².